The van der Waals surface area contributed by atoms with E-state index < -0.39 is 22.5 Å². The van der Waals surface area contributed by atoms with E-state index in [4.69, 9.17) is 5.26 Å². The SMILES string of the molecule is CCNC(=O)[C@H](C)SC1=C(C#N)C(C)(C)[C@H](C#N)C(=O)N1. The Balaban J connectivity index is 3.13. The highest BCUT2D eigenvalue weighted by Gasteiger charge is 2.45. The van der Waals surface area contributed by atoms with Crippen LogP contribution in [0.4, 0.5) is 0 Å². The van der Waals surface area contributed by atoms with Gasteiger partial charge in [0, 0.05) is 12.0 Å². The molecule has 0 spiro atoms. The normalized spacial score (nSPS) is 21.8. The summed E-state index contributed by atoms with van der Waals surface area (Å²) in [7, 11) is 0. The number of carbonyl (C=O) groups excluding carboxylic acids is 2. The van der Waals surface area contributed by atoms with Crippen LogP contribution in [0.5, 0.6) is 0 Å². The van der Waals surface area contributed by atoms with Gasteiger partial charge in [0.1, 0.15) is 5.92 Å². The molecule has 0 saturated carbocycles. The lowest BCUT2D eigenvalue weighted by atomic mass is 9.72. The smallest absolute Gasteiger partial charge is 0.243 e. The third-order valence-corrected chi connectivity index (χ3v) is 4.46. The van der Waals surface area contributed by atoms with E-state index in [0.29, 0.717) is 17.1 Å². The Labute approximate surface area is 128 Å². The van der Waals surface area contributed by atoms with Crippen molar-refractivity contribution in [2.75, 3.05) is 6.54 Å². The summed E-state index contributed by atoms with van der Waals surface area (Å²) in [5.74, 6) is -1.52. The van der Waals surface area contributed by atoms with Crippen molar-refractivity contribution in [3.63, 3.8) is 0 Å². The Morgan fingerprint density at radius 3 is 2.62 bits per heavy atom. The van der Waals surface area contributed by atoms with Crippen molar-refractivity contribution in [3.8, 4) is 12.1 Å². The van der Waals surface area contributed by atoms with Crippen LogP contribution in [0.15, 0.2) is 10.6 Å². The van der Waals surface area contributed by atoms with Crippen molar-refractivity contribution in [3.05, 3.63) is 10.6 Å². The Kier molecular flexibility index (Phi) is 5.40. The maximum absolute atomic E-state index is 12.0. The van der Waals surface area contributed by atoms with Gasteiger partial charge in [0.05, 0.1) is 28.0 Å². The van der Waals surface area contributed by atoms with Crippen LogP contribution in [-0.2, 0) is 9.59 Å². The average Bonchev–Trinajstić information content (AvgIpc) is 2.38. The number of hydrogen-bond donors (Lipinski definition) is 2. The lowest BCUT2D eigenvalue weighted by molar-refractivity contribution is -0.125. The summed E-state index contributed by atoms with van der Waals surface area (Å²) in [6.07, 6.45) is 0. The summed E-state index contributed by atoms with van der Waals surface area (Å²) in [5, 5.41) is 23.7. The van der Waals surface area contributed by atoms with Crippen LogP contribution in [-0.4, -0.2) is 23.6 Å². The second kappa shape index (κ2) is 6.64. The summed E-state index contributed by atoms with van der Waals surface area (Å²) in [4.78, 5) is 23.8. The molecular formula is C14H18N4O2S. The number of thioether (sulfide) groups is 1. The number of hydrogen-bond acceptors (Lipinski definition) is 5. The van der Waals surface area contributed by atoms with Gasteiger partial charge < -0.3 is 10.6 Å². The van der Waals surface area contributed by atoms with Gasteiger partial charge in [-0.3, -0.25) is 9.59 Å². The molecule has 2 N–H and O–H groups in total. The van der Waals surface area contributed by atoms with E-state index in [1.54, 1.807) is 20.8 Å². The molecule has 0 aromatic carbocycles. The van der Waals surface area contributed by atoms with Crippen molar-refractivity contribution in [1.82, 2.24) is 10.6 Å². The molecule has 1 aliphatic heterocycles. The molecule has 0 bridgehead atoms. The first kappa shape index (κ1) is 17.1. The molecule has 7 heteroatoms. The monoisotopic (exact) mass is 306 g/mol. The van der Waals surface area contributed by atoms with Crippen LogP contribution in [0.25, 0.3) is 0 Å². The van der Waals surface area contributed by atoms with Gasteiger partial charge in [-0.05, 0) is 13.8 Å². The highest BCUT2D eigenvalue weighted by Crippen LogP contribution is 2.42. The second-order valence-corrected chi connectivity index (χ2v) is 6.59. The predicted molar refractivity (Wildman–Crippen MR) is 79.4 cm³/mol. The zero-order chi connectivity index (χ0) is 16.2. The van der Waals surface area contributed by atoms with Crippen LogP contribution in [0.2, 0.25) is 0 Å². The Morgan fingerprint density at radius 1 is 1.52 bits per heavy atom. The first-order valence-corrected chi connectivity index (χ1v) is 7.47. The molecule has 0 saturated heterocycles. The third-order valence-electron chi connectivity index (χ3n) is 3.35. The molecule has 6 nitrogen and oxygen atoms in total. The van der Waals surface area contributed by atoms with Gasteiger partial charge in [-0.2, -0.15) is 10.5 Å². The molecule has 112 valence electrons. The summed E-state index contributed by atoms with van der Waals surface area (Å²) in [5.41, 5.74) is -0.551. The lowest BCUT2D eigenvalue weighted by Gasteiger charge is -2.35. The molecule has 1 aliphatic rings. The fourth-order valence-electron chi connectivity index (χ4n) is 2.06. The van der Waals surface area contributed by atoms with Gasteiger partial charge in [-0.1, -0.05) is 25.6 Å². The molecule has 21 heavy (non-hydrogen) atoms. The second-order valence-electron chi connectivity index (χ2n) is 5.24. The minimum absolute atomic E-state index is 0.165. The van der Waals surface area contributed by atoms with Crippen LogP contribution in [0.1, 0.15) is 27.7 Å². The predicted octanol–water partition coefficient (Wildman–Crippen LogP) is 1.28. The standard InChI is InChI=1S/C14H18N4O2S/c1-5-17-11(19)8(2)21-13-10(7-16)14(3,4)9(6-15)12(20)18-13/h8-9H,5H2,1-4H3,(H,17,19)(H,18,20)/t8-,9+/m0/s1. The van der Waals surface area contributed by atoms with Gasteiger partial charge >= 0.3 is 0 Å². The maximum Gasteiger partial charge on any atom is 0.243 e. The van der Waals surface area contributed by atoms with Gasteiger partial charge in [0.25, 0.3) is 0 Å². The molecule has 0 aromatic heterocycles. The van der Waals surface area contributed by atoms with Crippen LogP contribution < -0.4 is 10.6 Å². The van der Waals surface area contributed by atoms with E-state index in [1.165, 1.54) is 0 Å². The highest BCUT2D eigenvalue weighted by atomic mass is 32.2. The van der Waals surface area contributed by atoms with Crippen molar-refractivity contribution in [1.29, 1.82) is 10.5 Å². The number of nitriles is 2. The van der Waals surface area contributed by atoms with Gasteiger partial charge in [0.15, 0.2) is 0 Å². The molecule has 2 atom stereocenters. The topological polar surface area (TPSA) is 106 Å². The number of amides is 2. The third kappa shape index (κ3) is 3.37. The van der Waals surface area contributed by atoms with Gasteiger partial charge in [-0.25, -0.2) is 0 Å². The zero-order valence-electron chi connectivity index (χ0n) is 12.5. The van der Waals surface area contributed by atoms with Crippen LogP contribution >= 0.6 is 11.8 Å². The maximum atomic E-state index is 12.0. The first-order valence-electron chi connectivity index (χ1n) is 6.59. The number of nitrogens with one attached hydrogen (secondary N) is 2. The van der Waals surface area contributed by atoms with E-state index in [-0.39, 0.29) is 5.91 Å². The van der Waals surface area contributed by atoms with E-state index in [9.17, 15) is 14.9 Å². The van der Waals surface area contributed by atoms with Crippen molar-refractivity contribution in [2.24, 2.45) is 11.3 Å². The minimum Gasteiger partial charge on any atom is -0.355 e. The van der Waals surface area contributed by atoms with Crippen LogP contribution in [0.3, 0.4) is 0 Å². The largest absolute Gasteiger partial charge is 0.355 e. The molecular weight excluding hydrogens is 288 g/mol. The first-order chi connectivity index (χ1) is 9.79. The average molecular weight is 306 g/mol. The minimum atomic E-state index is -0.920. The van der Waals surface area contributed by atoms with E-state index in [2.05, 4.69) is 16.7 Å². The number of allylic oxidation sites excluding steroid dienone is 1. The van der Waals surface area contributed by atoms with Gasteiger partial charge in [0.2, 0.25) is 11.8 Å². The fraction of sp³-hybridized carbons (Fsp3) is 0.571. The van der Waals surface area contributed by atoms with Crippen molar-refractivity contribution < 1.29 is 9.59 Å². The van der Waals surface area contributed by atoms with Crippen LogP contribution in [0, 0.1) is 34.0 Å². The van der Waals surface area contributed by atoms with Crippen molar-refractivity contribution in [2.45, 2.75) is 32.9 Å². The number of nitrogens with zero attached hydrogens (tertiary/aromatic N) is 2. The molecule has 2 amide bonds. The molecule has 0 unspecified atom stereocenters. The number of rotatable bonds is 4. The summed E-state index contributed by atoms with van der Waals surface area (Å²) < 4.78 is 0. The molecule has 0 radical (unpaired) electrons. The summed E-state index contributed by atoms with van der Waals surface area (Å²) in [6.45, 7) is 7.42. The molecule has 0 aliphatic carbocycles. The Bertz CT molecular complexity index is 569. The molecule has 1 rings (SSSR count). The van der Waals surface area contributed by atoms with E-state index in [1.807, 2.05) is 13.0 Å². The Morgan fingerprint density at radius 2 is 2.14 bits per heavy atom. The molecule has 1 heterocycles. The molecule has 0 aromatic rings. The molecule has 0 fully saturated rings. The summed E-state index contributed by atoms with van der Waals surface area (Å²) >= 11 is 1.12. The summed E-state index contributed by atoms with van der Waals surface area (Å²) in [6, 6.07) is 4.01. The fourth-order valence-corrected chi connectivity index (χ4v) is 3.19. The quantitative estimate of drug-likeness (QED) is 0.813. The zero-order valence-corrected chi connectivity index (χ0v) is 13.3. The lowest BCUT2D eigenvalue weighted by Crippen LogP contribution is -2.45. The van der Waals surface area contributed by atoms with E-state index >= 15 is 0 Å². The van der Waals surface area contributed by atoms with Gasteiger partial charge in [-0.15, -0.1) is 0 Å². The highest BCUT2D eigenvalue weighted by molar-refractivity contribution is 8.04. The van der Waals surface area contributed by atoms with E-state index in [0.717, 1.165) is 11.8 Å². The van der Waals surface area contributed by atoms with Crippen molar-refractivity contribution >= 4 is 23.6 Å². The number of carbonyl (C=O) groups is 2. The Hall–Kier alpha value is -1.99.